The Bertz CT molecular complexity index is 38.7. The van der Waals surface area contributed by atoms with Crippen LogP contribution >= 0.6 is 12.8 Å². The molecule has 0 radical (unpaired) electrons. The summed E-state index contributed by atoms with van der Waals surface area (Å²) in [5, 5.41) is 0. The van der Waals surface area contributed by atoms with Gasteiger partial charge in [-0.25, -0.2) is 0 Å². The smallest absolute Gasteiger partial charge is 0.00708 e. The van der Waals surface area contributed by atoms with Gasteiger partial charge >= 0.3 is 0 Å². The Morgan fingerprint density at radius 1 is 1.86 bits per heavy atom. The zero-order valence-corrected chi connectivity index (χ0v) is 5.41. The summed E-state index contributed by atoms with van der Waals surface area (Å²) in [5.41, 5.74) is 5.40. The van der Waals surface area contributed by atoms with Gasteiger partial charge in [-0.3, -0.25) is 4.72 Å². The van der Waals surface area contributed by atoms with Crippen LogP contribution in [-0.2, 0) is 0 Å². The molecule has 0 aromatic heterocycles. The molecule has 7 heavy (non-hydrogen) atoms. The molecule has 0 fully saturated rings. The Labute approximate surface area is 50.0 Å². The maximum atomic E-state index is 5.40. The zero-order valence-electron chi connectivity index (χ0n) is 4.52. The molecule has 0 saturated heterocycles. The first-order chi connectivity index (χ1) is 3.27. The van der Waals surface area contributed by atoms with Crippen molar-refractivity contribution in [2.24, 2.45) is 5.73 Å². The van der Waals surface area contributed by atoms with Crippen molar-refractivity contribution in [2.45, 2.75) is 19.4 Å². The minimum Gasteiger partial charge on any atom is -0.328 e. The van der Waals surface area contributed by atoms with Gasteiger partial charge in [0.1, 0.15) is 0 Å². The van der Waals surface area contributed by atoms with Gasteiger partial charge in [-0.05, 0) is 13.3 Å². The number of rotatable bonds is 3. The molecule has 0 aliphatic heterocycles. The highest BCUT2D eigenvalue weighted by atomic mass is 32.1. The van der Waals surface area contributed by atoms with Gasteiger partial charge in [0.05, 0.1) is 0 Å². The first kappa shape index (κ1) is 7.27. The normalized spacial score (nSPS) is 14.1. The number of nitrogens with one attached hydrogen (secondary N) is 1. The van der Waals surface area contributed by atoms with Crippen LogP contribution in [0.15, 0.2) is 0 Å². The molecule has 0 heterocycles. The highest BCUT2D eigenvalue weighted by Gasteiger charge is 1.88. The quantitative estimate of drug-likeness (QED) is 0.464. The Morgan fingerprint density at radius 2 is 2.43 bits per heavy atom. The third kappa shape index (κ3) is 6.27. The topological polar surface area (TPSA) is 38.0 Å². The molecule has 0 aliphatic carbocycles. The largest absolute Gasteiger partial charge is 0.328 e. The molecule has 0 aromatic carbocycles. The van der Waals surface area contributed by atoms with E-state index in [0.29, 0.717) is 6.04 Å². The molecule has 2 nitrogen and oxygen atoms in total. The molecule has 0 saturated carbocycles. The first-order valence-corrected chi connectivity index (χ1v) is 2.84. The monoisotopic (exact) mass is 120 g/mol. The van der Waals surface area contributed by atoms with E-state index in [2.05, 4.69) is 17.5 Å². The lowest BCUT2D eigenvalue weighted by Crippen LogP contribution is -2.19. The van der Waals surface area contributed by atoms with Crippen LogP contribution in [0.2, 0.25) is 0 Å². The molecular weight excluding hydrogens is 108 g/mol. The molecule has 0 amide bonds. The predicted octanol–water partition coefficient (Wildman–Crippen LogP) is 0.158. The van der Waals surface area contributed by atoms with Gasteiger partial charge in [-0.2, -0.15) is 0 Å². The lowest BCUT2D eigenvalue weighted by molar-refractivity contribution is 0.662. The zero-order chi connectivity index (χ0) is 5.70. The van der Waals surface area contributed by atoms with Gasteiger partial charge in [-0.1, -0.05) is 12.8 Å². The van der Waals surface area contributed by atoms with Crippen LogP contribution in [0.5, 0.6) is 0 Å². The van der Waals surface area contributed by atoms with Crippen molar-refractivity contribution in [1.29, 1.82) is 0 Å². The van der Waals surface area contributed by atoms with E-state index >= 15 is 0 Å². The van der Waals surface area contributed by atoms with Gasteiger partial charge in [0.2, 0.25) is 0 Å². The van der Waals surface area contributed by atoms with Crippen LogP contribution in [0.3, 0.4) is 0 Å². The van der Waals surface area contributed by atoms with Crippen molar-refractivity contribution in [3.8, 4) is 0 Å². The Morgan fingerprint density at radius 3 is 2.57 bits per heavy atom. The van der Waals surface area contributed by atoms with Crippen molar-refractivity contribution in [3.63, 3.8) is 0 Å². The molecule has 3 N–H and O–H groups in total. The van der Waals surface area contributed by atoms with Crippen molar-refractivity contribution in [1.82, 2.24) is 4.72 Å². The van der Waals surface area contributed by atoms with Gasteiger partial charge in [0.25, 0.3) is 0 Å². The molecule has 0 spiro atoms. The molecule has 0 aliphatic rings. The van der Waals surface area contributed by atoms with Crippen LogP contribution in [0.25, 0.3) is 0 Å². The van der Waals surface area contributed by atoms with E-state index in [9.17, 15) is 0 Å². The summed E-state index contributed by atoms with van der Waals surface area (Å²) in [6, 6.07) is 0.291. The molecule has 0 aromatic rings. The van der Waals surface area contributed by atoms with Crippen LogP contribution in [0.1, 0.15) is 13.3 Å². The molecule has 0 bridgehead atoms. The maximum absolute atomic E-state index is 5.40. The van der Waals surface area contributed by atoms with Crippen LogP contribution < -0.4 is 10.5 Å². The molecular formula is C4H12N2S. The number of nitrogens with two attached hydrogens (primary N) is 1. The molecule has 1 atom stereocenters. The summed E-state index contributed by atoms with van der Waals surface area (Å²) < 4.78 is 2.71. The summed E-state index contributed by atoms with van der Waals surface area (Å²) in [7, 11) is 0. The van der Waals surface area contributed by atoms with Crippen molar-refractivity contribution in [2.75, 3.05) is 6.54 Å². The van der Waals surface area contributed by atoms with Crippen molar-refractivity contribution in [3.05, 3.63) is 0 Å². The fourth-order valence-corrected chi connectivity index (χ4v) is 0.421. The lowest BCUT2D eigenvalue weighted by Gasteiger charge is -2.00. The van der Waals surface area contributed by atoms with Gasteiger partial charge < -0.3 is 5.73 Å². The lowest BCUT2D eigenvalue weighted by atomic mass is 10.3. The third-order valence-corrected chi connectivity index (χ3v) is 0.935. The SMILES string of the molecule is CC(N)CCNS. The third-order valence-electron chi connectivity index (χ3n) is 0.711. The van der Waals surface area contributed by atoms with E-state index < -0.39 is 0 Å². The predicted molar refractivity (Wildman–Crippen MR) is 35.3 cm³/mol. The van der Waals surface area contributed by atoms with E-state index in [4.69, 9.17) is 5.73 Å². The Balaban J connectivity index is 2.68. The van der Waals surface area contributed by atoms with E-state index in [1.807, 2.05) is 6.92 Å². The highest BCUT2D eigenvalue weighted by Crippen LogP contribution is 1.81. The molecule has 3 heteroatoms. The highest BCUT2D eigenvalue weighted by molar-refractivity contribution is 7.78. The van der Waals surface area contributed by atoms with Crippen LogP contribution in [-0.4, -0.2) is 12.6 Å². The average Bonchev–Trinajstić information content (AvgIpc) is 1.61. The Hall–Kier alpha value is 0.270. The summed E-state index contributed by atoms with van der Waals surface area (Å²) >= 11 is 3.79. The molecule has 1 unspecified atom stereocenters. The van der Waals surface area contributed by atoms with E-state index in [1.54, 1.807) is 0 Å². The standard InChI is InChI=1S/C4H12N2S/c1-4(5)2-3-6-7/h4,6-7H,2-3,5H2,1H3. The van der Waals surface area contributed by atoms with Gasteiger partial charge in [0, 0.05) is 12.6 Å². The fraction of sp³-hybridized carbons (Fsp3) is 1.00. The van der Waals surface area contributed by atoms with Gasteiger partial charge in [0.15, 0.2) is 0 Å². The second-order valence-electron chi connectivity index (χ2n) is 1.67. The maximum Gasteiger partial charge on any atom is 0.00708 e. The summed E-state index contributed by atoms with van der Waals surface area (Å²) in [4.78, 5) is 0. The average molecular weight is 120 g/mol. The van der Waals surface area contributed by atoms with E-state index in [0.717, 1.165) is 13.0 Å². The second kappa shape index (κ2) is 4.43. The number of hydrogen-bond donors (Lipinski definition) is 3. The number of hydrogen-bond acceptors (Lipinski definition) is 3. The van der Waals surface area contributed by atoms with Gasteiger partial charge in [-0.15, -0.1) is 0 Å². The summed E-state index contributed by atoms with van der Waals surface area (Å²) in [6.45, 7) is 2.87. The summed E-state index contributed by atoms with van der Waals surface area (Å²) in [5.74, 6) is 0. The Kier molecular flexibility index (Phi) is 4.60. The number of thiol groups is 1. The fourth-order valence-electron chi connectivity index (χ4n) is 0.292. The van der Waals surface area contributed by atoms with E-state index in [1.165, 1.54) is 0 Å². The molecule has 0 rings (SSSR count). The first-order valence-electron chi connectivity index (χ1n) is 2.40. The minimum absolute atomic E-state index is 0.291. The second-order valence-corrected chi connectivity index (χ2v) is 1.99. The van der Waals surface area contributed by atoms with Crippen LogP contribution in [0.4, 0.5) is 0 Å². The minimum atomic E-state index is 0.291. The van der Waals surface area contributed by atoms with Crippen LogP contribution in [0, 0.1) is 0 Å². The van der Waals surface area contributed by atoms with Crippen molar-refractivity contribution < 1.29 is 0 Å². The summed E-state index contributed by atoms with van der Waals surface area (Å²) in [6.07, 6.45) is 0.990. The molecule has 44 valence electrons. The van der Waals surface area contributed by atoms with E-state index in [-0.39, 0.29) is 0 Å². The van der Waals surface area contributed by atoms with Crippen molar-refractivity contribution >= 4 is 12.8 Å².